The first-order valence-electron chi connectivity index (χ1n) is 4.88. The first-order chi connectivity index (χ1) is 6.96. The fraction of sp³-hybridized carbons (Fsp3) is 0.667. The molecule has 15 heavy (non-hydrogen) atoms. The Morgan fingerprint density at radius 1 is 1.33 bits per heavy atom. The second-order valence-electron chi connectivity index (χ2n) is 3.47. The molecule has 0 amide bonds. The summed E-state index contributed by atoms with van der Waals surface area (Å²) in [4.78, 5) is 11.4. The summed E-state index contributed by atoms with van der Waals surface area (Å²) < 4.78 is 25.4. The molecule has 0 aromatic carbocycles. The molecule has 0 unspecified atom stereocenters. The van der Waals surface area contributed by atoms with Crippen LogP contribution in [0.3, 0.4) is 0 Å². The van der Waals surface area contributed by atoms with Crippen molar-refractivity contribution in [2.45, 2.75) is 19.9 Å². The van der Waals surface area contributed by atoms with Gasteiger partial charge in [0, 0.05) is 31.7 Å². The zero-order chi connectivity index (χ0) is 11.5. The molecule has 0 saturated heterocycles. The van der Waals surface area contributed by atoms with E-state index in [4.69, 9.17) is 0 Å². The lowest BCUT2D eigenvalue weighted by molar-refractivity contribution is 0.583. The molecular formula is C9H16N2O3S. The van der Waals surface area contributed by atoms with Crippen molar-refractivity contribution in [3.05, 3.63) is 22.9 Å². The summed E-state index contributed by atoms with van der Waals surface area (Å²) in [6.45, 7) is 2.09. The normalized spacial score (nSPS) is 11.9. The number of nitrogens with zero attached hydrogens (tertiary/aromatic N) is 2. The van der Waals surface area contributed by atoms with Gasteiger partial charge in [0.15, 0.2) is 0 Å². The number of hydrogen-bond acceptors (Lipinski definition) is 3. The minimum absolute atomic E-state index is 0.108. The summed E-state index contributed by atoms with van der Waals surface area (Å²) in [6.07, 6.45) is 3.82. The third-order valence-corrected chi connectivity index (χ3v) is 4.10. The van der Waals surface area contributed by atoms with E-state index in [0.29, 0.717) is 13.0 Å². The van der Waals surface area contributed by atoms with Gasteiger partial charge in [0.05, 0.1) is 5.75 Å². The molecule has 1 rings (SSSR count). The van der Waals surface area contributed by atoms with E-state index < -0.39 is 9.84 Å². The quantitative estimate of drug-likeness (QED) is 0.718. The van der Waals surface area contributed by atoms with Crippen molar-refractivity contribution in [2.24, 2.45) is 7.05 Å². The molecule has 0 fully saturated rings. The van der Waals surface area contributed by atoms with Gasteiger partial charge in [0.2, 0.25) is 0 Å². The minimum atomic E-state index is -2.92. The van der Waals surface area contributed by atoms with Crippen LogP contribution in [0, 0.1) is 0 Å². The van der Waals surface area contributed by atoms with E-state index in [0.717, 1.165) is 0 Å². The predicted octanol–water partition coefficient (Wildman–Crippen LogP) is 0.0116. The zero-order valence-corrected chi connectivity index (χ0v) is 9.83. The van der Waals surface area contributed by atoms with Crippen molar-refractivity contribution in [1.29, 1.82) is 0 Å². The lowest BCUT2D eigenvalue weighted by Crippen LogP contribution is -2.23. The van der Waals surface area contributed by atoms with E-state index in [2.05, 4.69) is 0 Å². The second-order valence-corrected chi connectivity index (χ2v) is 5.95. The van der Waals surface area contributed by atoms with Gasteiger partial charge in [-0.25, -0.2) is 13.2 Å². The summed E-state index contributed by atoms with van der Waals surface area (Å²) >= 11 is 0. The van der Waals surface area contributed by atoms with Crippen LogP contribution in [0.2, 0.25) is 0 Å². The van der Waals surface area contributed by atoms with Crippen LogP contribution in [0.5, 0.6) is 0 Å². The molecule has 0 saturated carbocycles. The number of rotatable bonds is 5. The maximum Gasteiger partial charge on any atom is 0.327 e. The van der Waals surface area contributed by atoms with E-state index in [-0.39, 0.29) is 17.2 Å². The van der Waals surface area contributed by atoms with E-state index in [1.165, 1.54) is 9.13 Å². The van der Waals surface area contributed by atoms with Gasteiger partial charge in [-0.2, -0.15) is 0 Å². The number of aromatic nitrogens is 2. The molecule has 0 bridgehead atoms. The molecule has 0 N–H and O–H groups in total. The summed E-state index contributed by atoms with van der Waals surface area (Å²) in [5, 5.41) is 0. The Hall–Kier alpha value is -1.04. The minimum Gasteiger partial charge on any atom is -0.302 e. The fourth-order valence-electron chi connectivity index (χ4n) is 1.28. The van der Waals surface area contributed by atoms with Crippen molar-refractivity contribution in [2.75, 3.05) is 11.5 Å². The monoisotopic (exact) mass is 232 g/mol. The van der Waals surface area contributed by atoms with Crippen LogP contribution < -0.4 is 5.69 Å². The summed E-state index contributed by atoms with van der Waals surface area (Å²) in [5.41, 5.74) is -0.108. The van der Waals surface area contributed by atoms with Crippen molar-refractivity contribution >= 4 is 9.84 Å². The maximum atomic E-state index is 11.4. The highest BCUT2D eigenvalue weighted by Gasteiger charge is 2.07. The van der Waals surface area contributed by atoms with Gasteiger partial charge in [-0.15, -0.1) is 0 Å². The van der Waals surface area contributed by atoms with Gasteiger partial charge in [-0.05, 0) is 6.42 Å². The molecule has 1 aromatic heterocycles. The van der Waals surface area contributed by atoms with Crippen LogP contribution in [0.4, 0.5) is 0 Å². The standard InChI is InChI=1S/C9H16N2O3S/c1-3-15(13,14)8-4-5-11-7-6-10(2)9(11)12/h6-7H,3-5,8H2,1-2H3. The van der Waals surface area contributed by atoms with Crippen LogP contribution in [0.15, 0.2) is 17.2 Å². The van der Waals surface area contributed by atoms with Crippen LogP contribution in [0.25, 0.3) is 0 Å². The number of aryl methyl sites for hydroxylation is 2. The smallest absolute Gasteiger partial charge is 0.302 e. The lowest BCUT2D eigenvalue weighted by atomic mass is 10.5. The Balaban J connectivity index is 2.53. The molecule has 0 atom stereocenters. The largest absolute Gasteiger partial charge is 0.327 e. The lowest BCUT2D eigenvalue weighted by Gasteiger charge is -2.01. The average Bonchev–Trinajstić information content (AvgIpc) is 2.49. The fourth-order valence-corrected chi connectivity index (χ4v) is 2.14. The molecule has 1 heterocycles. The Labute approximate surface area is 89.3 Å². The predicted molar refractivity (Wildman–Crippen MR) is 58.6 cm³/mol. The first kappa shape index (κ1) is 12.0. The Morgan fingerprint density at radius 2 is 2.00 bits per heavy atom. The third-order valence-electron chi connectivity index (χ3n) is 2.31. The third kappa shape index (κ3) is 3.23. The van der Waals surface area contributed by atoms with Crippen LogP contribution >= 0.6 is 0 Å². The molecule has 0 aliphatic heterocycles. The summed E-state index contributed by atoms with van der Waals surface area (Å²) in [5.74, 6) is 0.307. The van der Waals surface area contributed by atoms with Gasteiger partial charge >= 0.3 is 5.69 Å². The molecule has 6 heteroatoms. The van der Waals surface area contributed by atoms with Crippen molar-refractivity contribution in [3.63, 3.8) is 0 Å². The Bertz CT molecular complexity index is 470. The zero-order valence-electron chi connectivity index (χ0n) is 9.01. The van der Waals surface area contributed by atoms with Gasteiger partial charge in [-0.3, -0.25) is 4.57 Å². The van der Waals surface area contributed by atoms with Crippen LogP contribution in [-0.2, 0) is 23.4 Å². The average molecular weight is 232 g/mol. The SMILES string of the molecule is CCS(=O)(=O)CCCn1ccn(C)c1=O. The highest BCUT2D eigenvalue weighted by Crippen LogP contribution is 1.95. The molecule has 0 aliphatic rings. The molecule has 1 aromatic rings. The second kappa shape index (κ2) is 4.65. The van der Waals surface area contributed by atoms with Crippen molar-refractivity contribution < 1.29 is 8.42 Å². The topological polar surface area (TPSA) is 61.1 Å². The summed E-state index contributed by atoms with van der Waals surface area (Å²) in [7, 11) is -1.25. The van der Waals surface area contributed by atoms with Crippen molar-refractivity contribution in [3.8, 4) is 0 Å². The molecule has 86 valence electrons. The Morgan fingerprint density at radius 3 is 2.47 bits per heavy atom. The van der Waals surface area contributed by atoms with Crippen LogP contribution in [-0.4, -0.2) is 29.1 Å². The highest BCUT2D eigenvalue weighted by molar-refractivity contribution is 7.91. The van der Waals surface area contributed by atoms with E-state index in [1.807, 2.05) is 0 Å². The summed E-state index contributed by atoms with van der Waals surface area (Å²) in [6, 6.07) is 0. The first-order valence-corrected chi connectivity index (χ1v) is 6.70. The molecule has 0 aliphatic carbocycles. The van der Waals surface area contributed by atoms with Gasteiger partial charge < -0.3 is 4.57 Å². The highest BCUT2D eigenvalue weighted by atomic mass is 32.2. The van der Waals surface area contributed by atoms with Gasteiger partial charge in [0.1, 0.15) is 9.84 Å². The number of sulfone groups is 1. The van der Waals surface area contributed by atoms with E-state index in [1.54, 1.807) is 26.4 Å². The Kier molecular flexibility index (Phi) is 3.73. The van der Waals surface area contributed by atoms with Crippen LogP contribution in [0.1, 0.15) is 13.3 Å². The molecule has 5 nitrogen and oxygen atoms in total. The van der Waals surface area contributed by atoms with Gasteiger partial charge in [0.25, 0.3) is 0 Å². The molecular weight excluding hydrogens is 216 g/mol. The maximum absolute atomic E-state index is 11.4. The number of hydrogen-bond donors (Lipinski definition) is 0. The molecule has 0 spiro atoms. The van der Waals surface area contributed by atoms with Gasteiger partial charge in [-0.1, -0.05) is 6.92 Å². The number of imidazole rings is 1. The molecule has 0 radical (unpaired) electrons. The van der Waals surface area contributed by atoms with Crippen molar-refractivity contribution in [1.82, 2.24) is 9.13 Å². The van der Waals surface area contributed by atoms with E-state index >= 15 is 0 Å². The van der Waals surface area contributed by atoms with E-state index in [9.17, 15) is 13.2 Å².